The lowest BCUT2D eigenvalue weighted by atomic mass is 9.89. The third kappa shape index (κ3) is 3.76. The Morgan fingerprint density at radius 1 is 1.21 bits per heavy atom. The minimum atomic E-state index is -0.367. The van der Waals surface area contributed by atoms with E-state index in [0.29, 0.717) is 24.1 Å². The van der Waals surface area contributed by atoms with Gasteiger partial charge in [0.05, 0.1) is 0 Å². The van der Waals surface area contributed by atoms with Crippen molar-refractivity contribution < 1.29 is 9.18 Å². The monoisotopic (exact) mass is 401 g/mol. The van der Waals surface area contributed by atoms with Crippen molar-refractivity contribution in [3.8, 4) is 0 Å². The lowest BCUT2D eigenvalue weighted by Crippen LogP contribution is -2.56. The van der Waals surface area contributed by atoms with E-state index in [0.717, 1.165) is 63.4 Å². The van der Waals surface area contributed by atoms with Crippen LogP contribution in [0.25, 0.3) is 0 Å². The molecule has 158 valence electrons. The third-order valence-corrected chi connectivity index (χ3v) is 7.35. The van der Waals surface area contributed by atoms with Gasteiger partial charge >= 0.3 is 0 Å². The minimum absolute atomic E-state index is 0.00969. The van der Waals surface area contributed by atoms with Gasteiger partial charge in [-0.05, 0) is 44.2 Å². The molecule has 5 rings (SSSR count). The first kappa shape index (κ1) is 19.3. The second-order valence-electron chi connectivity index (χ2n) is 9.22. The summed E-state index contributed by atoms with van der Waals surface area (Å²) in [6.07, 6.45) is 4.88. The maximum absolute atomic E-state index is 14.1. The van der Waals surface area contributed by atoms with E-state index >= 15 is 0 Å². The zero-order valence-corrected chi connectivity index (χ0v) is 17.2. The van der Waals surface area contributed by atoms with Gasteiger partial charge < -0.3 is 16.0 Å². The Bertz CT molecular complexity index is 756. The van der Waals surface area contributed by atoms with Crippen molar-refractivity contribution >= 4 is 11.6 Å². The highest BCUT2D eigenvalue weighted by molar-refractivity contribution is 5.88. The number of carbonyl (C=O) groups excluding carboxylic acids is 1. The van der Waals surface area contributed by atoms with Gasteiger partial charge in [-0.15, -0.1) is 0 Å². The van der Waals surface area contributed by atoms with Gasteiger partial charge in [0.1, 0.15) is 11.9 Å². The molecule has 2 saturated heterocycles. The fourth-order valence-electron chi connectivity index (χ4n) is 5.68. The first-order valence-electron chi connectivity index (χ1n) is 11.1. The zero-order chi connectivity index (χ0) is 20.0. The SMILES string of the molecule is Cc1ccc(F)c2c1NC(C(=O)N[C@@H]1CCC[C@H](N3CCN4CNCC4C3)C1)C2. The summed E-state index contributed by atoms with van der Waals surface area (Å²) in [6.45, 7) is 7.47. The lowest BCUT2D eigenvalue weighted by Gasteiger charge is -2.44. The van der Waals surface area contributed by atoms with E-state index in [1.807, 2.05) is 6.92 Å². The standard InChI is InChI=1S/C22H32FN5O/c1-14-5-6-19(23)18-10-20(26-21(14)18)22(29)25-15-3-2-4-16(9-15)27-7-8-28-13-24-11-17(28)12-27/h5-6,15-17,20,24,26H,2-4,7-13H2,1H3,(H,25,29)/t15-,16+,17?,20?/m1/s1. The first-order valence-corrected chi connectivity index (χ1v) is 11.1. The summed E-state index contributed by atoms with van der Waals surface area (Å²) in [7, 11) is 0. The quantitative estimate of drug-likeness (QED) is 0.716. The zero-order valence-electron chi connectivity index (χ0n) is 17.2. The molecule has 0 radical (unpaired) electrons. The van der Waals surface area contributed by atoms with E-state index in [1.165, 1.54) is 12.5 Å². The number of hydrogen-bond acceptors (Lipinski definition) is 5. The van der Waals surface area contributed by atoms with Crippen LogP contribution in [0.3, 0.4) is 0 Å². The predicted octanol–water partition coefficient (Wildman–Crippen LogP) is 1.45. The van der Waals surface area contributed by atoms with Crippen LogP contribution in [-0.4, -0.2) is 72.7 Å². The van der Waals surface area contributed by atoms with Crippen LogP contribution in [0, 0.1) is 12.7 Å². The molecule has 0 aromatic heterocycles. The van der Waals surface area contributed by atoms with Crippen molar-refractivity contribution in [3.05, 3.63) is 29.1 Å². The second-order valence-corrected chi connectivity index (χ2v) is 9.22. The average Bonchev–Trinajstić information content (AvgIpc) is 3.38. The van der Waals surface area contributed by atoms with Crippen LogP contribution in [0.15, 0.2) is 12.1 Å². The maximum atomic E-state index is 14.1. The molecule has 29 heavy (non-hydrogen) atoms. The number of nitrogens with zero attached hydrogens (tertiary/aromatic N) is 2. The molecule has 3 N–H and O–H groups in total. The van der Waals surface area contributed by atoms with E-state index in [2.05, 4.69) is 25.8 Å². The topological polar surface area (TPSA) is 59.6 Å². The summed E-state index contributed by atoms with van der Waals surface area (Å²) >= 11 is 0. The van der Waals surface area contributed by atoms with E-state index < -0.39 is 0 Å². The van der Waals surface area contributed by atoms with Crippen molar-refractivity contribution in [3.63, 3.8) is 0 Å². The number of halogens is 1. The minimum Gasteiger partial charge on any atom is -0.373 e. The van der Waals surface area contributed by atoms with E-state index in [1.54, 1.807) is 6.07 Å². The number of aryl methyl sites for hydroxylation is 1. The van der Waals surface area contributed by atoms with Gasteiger partial charge in [0, 0.05) is 68.6 Å². The Kier molecular flexibility index (Phi) is 5.22. The molecule has 4 atom stereocenters. The van der Waals surface area contributed by atoms with Gasteiger partial charge in [0.15, 0.2) is 0 Å². The van der Waals surface area contributed by atoms with Gasteiger partial charge in [-0.2, -0.15) is 0 Å². The second kappa shape index (κ2) is 7.85. The van der Waals surface area contributed by atoms with E-state index in [-0.39, 0.29) is 23.8 Å². The Morgan fingerprint density at radius 2 is 2.07 bits per heavy atom. The Balaban J connectivity index is 1.17. The van der Waals surface area contributed by atoms with Crippen LogP contribution in [0.4, 0.5) is 10.1 Å². The number of piperazine rings is 1. The summed E-state index contributed by atoms with van der Waals surface area (Å²) in [6, 6.07) is 4.32. The summed E-state index contributed by atoms with van der Waals surface area (Å²) in [5.41, 5.74) is 2.44. The molecule has 1 aliphatic carbocycles. The van der Waals surface area contributed by atoms with Crippen LogP contribution in [0.1, 0.15) is 36.8 Å². The molecule has 2 unspecified atom stereocenters. The number of hydrogen-bond donors (Lipinski definition) is 3. The normalized spacial score (nSPS) is 32.5. The van der Waals surface area contributed by atoms with Gasteiger partial charge in [0.25, 0.3) is 0 Å². The fourth-order valence-corrected chi connectivity index (χ4v) is 5.68. The molecule has 3 heterocycles. The molecule has 3 aliphatic heterocycles. The highest BCUT2D eigenvalue weighted by Gasteiger charge is 2.36. The molecule has 1 aromatic rings. The molecule has 1 aromatic carbocycles. The largest absolute Gasteiger partial charge is 0.373 e. The number of rotatable bonds is 3. The van der Waals surface area contributed by atoms with Crippen LogP contribution in [0.5, 0.6) is 0 Å². The predicted molar refractivity (Wildman–Crippen MR) is 111 cm³/mol. The molecule has 3 fully saturated rings. The Morgan fingerprint density at radius 3 is 2.93 bits per heavy atom. The first-order chi connectivity index (χ1) is 14.1. The van der Waals surface area contributed by atoms with Crippen molar-refractivity contribution in [2.75, 3.05) is 38.2 Å². The molecular weight excluding hydrogens is 369 g/mol. The van der Waals surface area contributed by atoms with E-state index in [9.17, 15) is 9.18 Å². The van der Waals surface area contributed by atoms with Gasteiger partial charge in [-0.3, -0.25) is 14.6 Å². The summed E-state index contributed by atoms with van der Waals surface area (Å²) in [5, 5.41) is 10.0. The van der Waals surface area contributed by atoms with Crippen molar-refractivity contribution in [2.24, 2.45) is 0 Å². The highest BCUT2D eigenvalue weighted by atomic mass is 19.1. The van der Waals surface area contributed by atoms with Crippen LogP contribution in [0.2, 0.25) is 0 Å². The van der Waals surface area contributed by atoms with Gasteiger partial charge in [-0.1, -0.05) is 6.07 Å². The number of amides is 1. The summed E-state index contributed by atoms with van der Waals surface area (Å²) in [4.78, 5) is 18.1. The number of carbonyl (C=O) groups is 1. The smallest absolute Gasteiger partial charge is 0.243 e. The molecule has 7 heteroatoms. The molecule has 0 spiro atoms. The van der Waals surface area contributed by atoms with Crippen LogP contribution < -0.4 is 16.0 Å². The van der Waals surface area contributed by atoms with E-state index in [4.69, 9.17) is 0 Å². The maximum Gasteiger partial charge on any atom is 0.243 e. The Labute approximate surface area is 172 Å². The van der Waals surface area contributed by atoms with Crippen molar-refractivity contribution in [1.29, 1.82) is 0 Å². The molecule has 0 bridgehead atoms. The number of fused-ring (bicyclic) bond motifs is 2. The fraction of sp³-hybridized carbons (Fsp3) is 0.682. The van der Waals surface area contributed by atoms with Gasteiger partial charge in [0.2, 0.25) is 5.91 Å². The van der Waals surface area contributed by atoms with Crippen LogP contribution >= 0.6 is 0 Å². The molecule has 1 amide bonds. The molecule has 1 saturated carbocycles. The summed E-state index contributed by atoms with van der Waals surface area (Å²) < 4.78 is 14.1. The summed E-state index contributed by atoms with van der Waals surface area (Å²) in [5.74, 6) is -0.206. The molecular formula is C22H32FN5O. The van der Waals surface area contributed by atoms with Gasteiger partial charge in [-0.25, -0.2) is 4.39 Å². The van der Waals surface area contributed by atoms with Crippen LogP contribution in [-0.2, 0) is 11.2 Å². The average molecular weight is 402 g/mol. The number of nitrogens with one attached hydrogen (secondary N) is 3. The van der Waals surface area contributed by atoms with Crippen molar-refractivity contribution in [1.82, 2.24) is 20.4 Å². The number of anilines is 1. The highest BCUT2D eigenvalue weighted by Crippen LogP contribution is 2.32. The number of benzene rings is 1. The molecule has 4 aliphatic rings. The molecule has 6 nitrogen and oxygen atoms in total. The lowest BCUT2D eigenvalue weighted by molar-refractivity contribution is -0.122. The van der Waals surface area contributed by atoms with Crippen molar-refractivity contribution in [2.45, 2.75) is 63.2 Å². The third-order valence-electron chi connectivity index (χ3n) is 7.35. The Hall–Kier alpha value is -1.70.